The number of benzene rings is 2. The quantitative estimate of drug-likeness (QED) is 0.456. The Kier molecular flexibility index (Phi) is 7.30. The lowest BCUT2D eigenvalue weighted by atomic mass is 9.96. The summed E-state index contributed by atoms with van der Waals surface area (Å²) in [6.45, 7) is 5.33. The normalized spacial score (nSPS) is 15.4. The minimum Gasteiger partial charge on any atom is -0.497 e. The first kappa shape index (κ1) is 25.2. The Balaban J connectivity index is 1.95. The lowest BCUT2D eigenvalue weighted by molar-refractivity contribution is -0.143. The van der Waals surface area contributed by atoms with Gasteiger partial charge < -0.3 is 18.9 Å². The Morgan fingerprint density at radius 1 is 1.06 bits per heavy atom. The smallest absolute Gasteiger partial charge is 0.338 e. The molecule has 1 atom stereocenters. The zero-order chi connectivity index (χ0) is 26.0. The van der Waals surface area contributed by atoms with Gasteiger partial charge in [-0.2, -0.15) is 0 Å². The second kappa shape index (κ2) is 10.4. The van der Waals surface area contributed by atoms with Crippen molar-refractivity contribution in [2.24, 2.45) is 4.99 Å². The average Bonchev–Trinajstić information content (AvgIpc) is 3.16. The number of ether oxygens (including phenoxy) is 4. The fourth-order valence-electron chi connectivity index (χ4n) is 4.13. The van der Waals surface area contributed by atoms with Crippen LogP contribution in [0.4, 0.5) is 0 Å². The van der Waals surface area contributed by atoms with Gasteiger partial charge in [-0.25, -0.2) is 9.79 Å². The predicted molar refractivity (Wildman–Crippen MR) is 138 cm³/mol. The molecule has 0 radical (unpaired) electrons. The third-order valence-corrected chi connectivity index (χ3v) is 6.72. The Morgan fingerprint density at radius 2 is 1.78 bits per heavy atom. The van der Waals surface area contributed by atoms with Gasteiger partial charge in [-0.3, -0.25) is 9.36 Å². The maximum absolute atomic E-state index is 13.8. The van der Waals surface area contributed by atoms with Crippen LogP contribution in [-0.2, 0) is 9.53 Å². The van der Waals surface area contributed by atoms with E-state index < -0.39 is 12.0 Å². The molecule has 4 rings (SSSR count). The Labute approximate surface area is 212 Å². The van der Waals surface area contributed by atoms with Crippen molar-refractivity contribution in [3.63, 3.8) is 0 Å². The molecule has 188 valence electrons. The number of esters is 1. The van der Waals surface area contributed by atoms with Crippen LogP contribution in [0.2, 0.25) is 0 Å². The minimum atomic E-state index is -0.701. The topological polar surface area (TPSA) is 88.4 Å². The second-order valence-corrected chi connectivity index (χ2v) is 9.40. The summed E-state index contributed by atoms with van der Waals surface area (Å²) in [6.07, 6.45) is 1.43. The monoisotopic (exact) mass is 508 g/mol. The van der Waals surface area contributed by atoms with Crippen LogP contribution in [0.5, 0.6) is 17.2 Å². The third-order valence-electron chi connectivity index (χ3n) is 5.74. The minimum absolute atomic E-state index is 0.271. The van der Waals surface area contributed by atoms with E-state index in [9.17, 15) is 9.59 Å². The van der Waals surface area contributed by atoms with Crippen LogP contribution in [0.25, 0.3) is 6.08 Å². The Morgan fingerprint density at radius 3 is 2.39 bits per heavy atom. The van der Waals surface area contributed by atoms with E-state index in [0.29, 0.717) is 43.4 Å². The Bertz CT molecular complexity index is 1500. The number of allylic oxidation sites excluding steroid dienone is 1. The maximum Gasteiger partial charge on any atom is 0.338 e. The Hall–Kier alpha value is -3.85. The van der Waals surface area contributed by atoms with Gasteiger partial charge in [0.2, 0.25) is 0 Å². The van der Waals surface area contributed by atoms with Crippen LogP contribution < -0.4 is 29.1 Å². The molecule has 3 aromatic rings. The van der Waals surface area contributed by atoms with Crippen LogP contribution in [0.1, 0.15) is 37.9 Å². The lowest BCUT2D eigenvalue weighted by Gasteiger charge is -2.25. The molecule has 0 spiro atoms. The summed E-state index contributed by atoms with van der Waals surface area (Å²) in [5, 5.41) is 0. The summed E-state index contributed by atoms with van der Waals surface area (Å²) >= 11 is 1.25. The molecule has 9 heteroatoms. The molecule has 0 fully saturated rings. The van der Waals surface area contributed by atoms with E-state index in [2.05, 4.69) is 4.99 Å². The molecule has 0 amide bonds. The number of hydrogen-bond donors (Lipinski definition) is 0. The van der Waals surface area contributed by atoms with Crippen LogP contribution in [0.3, 0.4) is 0 Å². The van der Waals surface area contributed by atoms with Gasteiger partial charge in [-0.05, 0) is 50.6 Å². The molecular weight excluding hydrogens is 480 g/mol. The summed E-state index contributed by atoms with van der Waals surface area (Å²) in [5.41, 5.74) is 2.00. The van der Waals surface area contributed by atoms with Crippen molar-refractivity contribution in [3.8, 4) is 17.2 Å². The van der Waals surface area contributed by atoms with Crippen LogP contribution >= 0.6 is 11.3 Å². The standard InChI is InChI=1S/C27H28N2O6S/c1-15(2)35-26(31)22-16(3)28-27-29(23(22)17-10-12-19(32-4)13-11-17)25(30)21(36-27)14-18-8-7-9-20(33-5)24(18)34-6/h7-15,23H,1-6H3/b21-14-/t23-/m0/s1. The zero-order valence-corrected chi connectivity index (χ0v) is 21.8. The fourth-order valence-corrected chi connectivity index (χ4v) is 5.17. The number of thiazole rings is 1. The molecule has 0 saturated heterocycles. The van der Waals surface area contributed by atoms with E-state index in [-0.39, 0.29) is 11.7 Å². The van der Waals surface area contributed by atoms with Gasteiger partial charge in [0, 0.05) is 5.56 Å². The molecule has 8 nitrogen and oxygen atoms in total. The van der Waals surface area contributed by atoms with E-state index >= 15 is 0 Å². The molecule has 0 N–H and O–H groups in total. The van der Waals surface area contributed by atoms with Gasteiger partial charge in [0.15, 0.2) is 16.3 Å². The van der Waals surface area contributed by atoms with Gasteiger partial charge >= 0.3 is 5.97 Å². The fraction of sp³-hybridized carbons (Fsp3) is 0.296. The third kappa shape index (κ3) is 4.66. The molecule has 2 aromatic carbocycles. The van der Waals surface area contributed by atoms with E-state index in [1.807, 2.05) is 24.3 Å². The predicted octanol–water partition coefficient (Wildman–Crippen LogP) is 3.21. The highest BCUT2D eigenvalue weighted by molar-refractivity contribution is 7.07. The van der Waals surface area contributed by atoms with E-state index in [0.717, 1.165) is 5.56 Å². The summed E-state index contributed by atoms with van der Waals surface area (Å²) in [7, 11) is 4.70. The van der Waals surface area contributed by atoms with Crippen molar-refractivity contribution < 1.29 is 23.7 Å². The number of rotatable bonds is 7. The van der Waals surface area contributed by atoms with Crippen molar-refractivity contribution >= 4 is 23.4 Å². The number of carbonyl (C=O) groups is 1. The van der Waals surface area contributed by atoms with Gasteiger partial charge in [0.25, 0.3) is 5.56 Å². The van der Waals surface area contributed by atoms with Crippen LogP contribution in [0.15, 0.2) is 63.5 Å². The van der Waals surface area contributed by atoms with Crippen molar-refractivity contribution in [2.45, 2.75) is 32.9 Å². The van der Waals surface area contributed by atoms with Gasteiger partial charge in [0.1, 0.15) is 5.75 Å². The highest BCUT2D eigenvalue weighted by atomic mass is 32.1. The molecule has 0 bridgehead atoms. The molecule has 36 heavy (non-hydrogen) atoms. The molecular formula is C27H28N2O6S. The molecule has 1 aromatic heterocycles. The summed E-state index contributed by atoms with van der Waals surface area (Å²) in [6, 6.07) is 12.0. The highest BCUT2D eigenvalue weighted by Gasteiger charge is 2.33. The van der Waals surface area contributed by atoms with Crippen LogP contribution in [0, 0.1) is 0 Å². The zero-order valence-electron chi connectivity index (χ0n) is 21.0. The number of nitrogens with zero attached hydrogens (tertiary/aromatic N) is 2. The molecule has 0 saturated carbocycles. The SMILES string of the molecule is COc1ccc([C@H]2C(C(=O)OC(C)C)=C(C)N=c3s/c(=C\c4cccc(OC)c4OC)c(=O)n32)cc1. The first-order chi connectivity index (χ1) is 17.3. The second-order valence-electron chi connectivity index (χ2n) is 8.39. The largest absolute Gasteiger partial charge is 0.497 e. The van der Waals surface area contributed by atoms with E-state index in [1.165, 1.54) is 11.3 Å². The van der Waals surface area contributed by atoms with Crippen molar-refractivity contribution in [1.82, 2.24) is 4.57 Å². The summed E-state index contributed by atoms with van der Waals surface area (Å²) in [5.74, 6) is 1.25. The number of hydrogen-bond acceptors (Lipinski definition) is 8. The van der Waals surface area contributed by atoms with Crippen molar-refractivity contribution in [2.75, 3.05) is 21.3 Å². The highest BCUT2D eigenvalue weighted by Crippen LogP contribution is 2.33. The van der Waals surface area contributed by atoms with Crippen molar-refractivity contribution in [1.29, 1.82) is 0 Å². The average molecular weight is 509 g/mol. The lowest BCUT2D eigenvalue weighted by Crippen LogP contribution is -2.40. The number of aromatic nitrogens is 1. The van der Waals surface area contributed by atoms with Crippen molar-refractivity contribution in [3.05, 3.63) is 84.5 Å². The number of para-hydroxylation sites is 1. The van der Waals surface area contributed by atoms with Gasteiger partial charge in [0.05, 0.1) is 49.3 Å². The number of methoxy groups -OCH3 is 3. The maximum atomic E-state index is 13.8. The molecule has 0 unspecified atom stereocenters. The van der Waals surface area contributed by atoms with E-state index in [4.69, 9.17) is 18.9 Å². The van der Waals surface area contributed by atoms with Gasteiger partial charge in [-0.1, -0.05) is 35.6 Å². The van der Waals surface area contributed by atoms with E-state index in [1.54, 1.807) is 70.9 Å². The molecule has 1 aliphatic rings. The van der Waals surface area contributed by atoms with Crippen LogP contribution in [-0.4, -0.2) is 38.0 Å². The summed E-state index contributed by atoms with van der Waals surface area (Å²) < 4.78 is 23.8. The molecule has 1 aliphatic heterocycles. The number of carbonyl (C=O) groups excluding carboxylic acids is 1. The summed E-state index contributed by atoms with van der Waals surface area (Å²) in [4.78, 5) is 32.1. The first-order valence-corrected chi connectivity index (χ1v) is 12.2. The van der Waals surface area contributed by atoms with Gasteiger partial charge in [-0.15, -0.1) is 0 Å². The molecule has 2 heterocycles. The molecule has 0 aliphatic carbocycles. The first-order valence-electron chi connectivity index (χ1n) is 11.4. The number of fused-ring (bicyclic) bond motifs is 1.